The normalized spacial score (nSPS) is 10.4. The fourth-order valence-electron chi connectivity index (χ4n) is 2.03. The minimum absolute atomic E-state index is 0.212. The van der Waals surface area contributed by atoms with E-state index in [0.717, 1.165) is 22.8 Å². The second kappa shape index (κ2) is 7.09. The van der Waals surface area contributed by atoms with Crippen LogP contribution in [0.4, 0.5) is 0 Å². The monoisotopic (exact) mass is 296 g/mol. The van der Waals surface area contributed by atoms with Crippen LogP contribution in [0.15, 0.2) is 41.5 Å². The van der Waals surface area contributed by atoms with E-state index in [-0.39, 0.29) is 6.42 Å². The summed E-state index contributed by atoms with van der Waals surface area (Å²) < 4.78 is 7.15. The maximum atomic E-state index is 11.2. The largest absolute Gasteiger partial charge is 0.497 e. The number of aromatic nitrogens is 1. The smallest absolute Gasteiger partial charge is 0.254 e. The van der Waals surface area contributed by atoms with Crippen molar-refractivity contribution in [3.63, 3.8) is 0 Å². The van der Waals surface area contributed by atoms with E-state index >= 15 is 0 Å². The Bertz CT molecular complexity index is 724. The Labute approximate surface area is 128 Å². The predicted octanol–water partition coefficient (Wildman–Crippen LogP) is 2.16. The van der Waals surface area contributed by atoms with Gasteiger partial charge in [-0.2, -0.15) is 10.4 Å². The first-order valence-corrected chi connectivity index (χ1v) is 6.67. The molecule has 0 aliphatic carbocycles. The van der Waals surface area contributed by atoms with Gasteiger partial charge in [-0.25, -0.2) is 5.43 Å². The third kappa shape index (κ3) is 3.52. The molecule has 0 unspecified atom stereocenters. The number of benzene rings is 1. The van der Waals surface area contributed by atoms with Gasteiger partial charge in [0, 0.05) is 11.4 Å². The van der Waals surface area contributed by atoms with Gasteiger partial charge in [-0.15, -0.1) is 0 Å². The lowest BCUT2D eigenvalue weighted by Crippen LogP contribution is -2.16. The van der Waals surface area contributed by atoms with E-state index in [1.54, 1.807) is 19.4 Å². The number of hydrogen-bond donors (Lipinski definition) is 1. The van der Waals surface area contributed by atoms with Crippen molar-refractivity contribution in [2.75, 3.05) is 7.11 Å². The van der Waals surface area contributed by atoms with Gasteiger partial charge in [0.1, 0.15) is 12.2 Å². The zero-order valence-corrected chi connectivity index (χ0v) is 12.4. The van der Waals surface area contributed by atoms with E-state index in [1.165, 1.54) is 0 Å². The molecule has 1 amide bonds. The molecule has 22 heavy (non-hydrogen) atoms. The molecule has 6 nitrogen and oxygen atoms in total. The summed E-state index contributed by atoms with van der Waals surface area (Å²) in [6.07, 6.45) is 1.34. The highest BCUT2D eigenvalue weighted by molar-refractivity contribution is 5.82. The lowest BCUT2D eigenvalue weighted by molar-refractivity contribution is -0.120. The Hall–Kier alpha value is -3.07. The molecular formula is C16H16N4O2. The Morgan fingerprint density at radius 2 is 2.09 bits per heavy atom. The topological polar surface area (TPSA) is 79.4 Å². The van der Waals surface area contributed by atoms with Crippen LogP contribution in [0.2, 0.25) is 0 Å². The second-order valence-electron chi connectivity index (χ2n) is 4.56. The van der Waals surface area contributed by atoms with Crippen molar-refractivity contribution >= 4 is 12.1 Å². The minimum Gasteiger partial charge on any atom is -0.497 e. The molecule has 2 rings (SSSR count). The molecule has 0 saturated heterocycles. The third-order valence-corrected chi connectivity index (χ3v) is 3.06. The number of aryl methyl sites for hydroxylation is 1. The van der Waals surface area contributed by atoms with Gasteiger partial charge in [-0.05, 0) is 43.3 Å². The van der Waals surface area contributed by atoms with Gasteiger partial charge in [0.25, 0.3) is 5.91 Å². The molecule has 2 aromatic rings. The number of hydrazone groups is 1. The number of hydrogen-bond acceptors (Lipinski definition) is 4. The van der Waals surface area contributed by atoms with Crippen molar-refractivity contribution < 1.29 is 9.53 Å². The number of methoxy groups -OCH3 is 1. The van der Waals surface area contributed by atoms with Crippen molar-refractivity contribution in [3.8, 4) is 17.5 Å². The number of nitriles is 1. The number of carbonyl (C=O) groups excluding carboxylic acids is 1. The number of nitrogens with zero attached hydrogens (tertiary/aromatic N) is 3. The van der Waals surface area contributed by atoms with Crippen molar-refractivity contribution in [2.24, 2.45) is 5.10 Å². The van der Waals surface area contributed by atoms with Crippen molar-refractivity contribution in [2.45, 2.75) is 13.3 Å². The zero-order valence-electron chi connectivity index (χ0n) is 12.4. The summed E-state index contributed by atoms with van der Waals surface area (Å²) in [6, 6.07) is 13.3. The molecule has 0 aliphatic heterocycles. The van der Waals surface area contributed by atoms with Crippen LogP contribution in [0.5, 0.6) is 5.75 Å². The van der Waals surface area contributed by atoms with Crippen LogP contribution < -0.4 is 10.2 Å². The maximum Gasteiger partial charge on any atom is 0.254 e. The Kier molecular flexibility index (Phi) is 4.94. The van der Waals surface area contributed by atoms with Crippen LogP contribution in [0.3, 0.4) is 0 Å². The van der Waals surface area contributed by atoms with Crippen LogP contribution in [-0.4, -0.2) is 23.8 Å². The quantitative estimate of drug-likeness (QED) is 0.678. The predicted molar refractivity (Wildman–Crippen MR) is 83.0 cm³/mol. The molecule has 0 bridgehead atoms. The Morgan fingerprint density at radius 3 is 2.73 bits per heavy atom. The van der Waals surface area contributed by atoms with Gasteiger partial charge in [-0.1, -0.05) is 0 Å². The number of carbonyl (C=O) groups is 1. The van der Waals surface area contributed by atoms with E-state index in [4.69, 9.17) is 10.00 Å². The first kappa shape index (κ1) is 15.3. The standard InChI is InChI=1S/C16H16N4O2/c1-12-3-4-14(11-18-19-16(21)9-10-17)20(12)13-5-7-15(22-2)8-6-13/h3-8,11H,9H2,1-2H3,(H,19,21)/b18-11+. The van der Waals surface area contributed by atoms with Gasteiger partial charge in [0.05, 0.1) is 25.1 Å². The summed E-state index contributed by atoms with van der Waals surface area (Å²) in [7, 11) is 1.62. The molecule has 112 valence electrons. The van der Waals surface area contributed by atoms with Crippen molar-refractivity contribution in [1.29, 1.82) is 5.26 Å². The lowest BCUT2D eigenvalue weighted by Gasteiger charge is -2.10. The van der Waals surface area contributed by atoms with E-state index in [0.29, 0.717) is 0 Å². The number of nitrogens with one attached hydrogen (secondary N) is 1. The summed E-state index contributed by atoms with van der Waals surface area (Å²) in [6.45, 7) is 1.98. The van der Waals surface area contributed by atoms with E-state index in [9.17, 15) is 4.79 Å². The maximum absolute atomic E-state index is 11.2. The second-order valence-corrected chi connectivity index (χ2v) is 4.56. The Morgan fingerprint density at radius 1 is 1.36 bits per heavy atom. The highest BCUT2D eigenvalue weighted by Gasteiger charge is 2.06. The van der Waals surface area contributed by atoms with Gasteiger partial charge >= 0.3 is 0 Å². The van der Waals surface area contributed by atoms with Crippen LogP contribution in [0, 0.1) is 18.3 Å². The van der Waals surface area contributed by atoms with Crippen LogP contribution >= 0.6 is 0 Å². The average molecular weight is 296 g/mol. The van der Waals surface area contributed by atoms with E-state index in [2.05, 4.69) is 10.5 Å². The highest BCUT2D eigenvalue weighted by atomic mass is 16.5. The first-order chi connectivity index (χ1) is 10.7. The number of rotatable bonds is 5. The minimum atomic E-state index is -0.432. The summed E-state index contributed by atoms with van der Waals surface area (Å²) in [4.78, 5) is 11.2. The molecule has 1 N–H and O–H groups in total. The summed E-state index contributed by atoms with van der Waals surface area (Å²) in [5.74, 6) is 0.352. The molecule has 0 saturated carbocycles. The van der Waals surface area contributed by atoms with E-state index in [1.807, 2.05) is 47.9 Å². The Balaban J connectivity index is 2.22. The fraction of sp³-hybridized carbons (Fsp3) is 0.188. The van der Waals surface area contributed by atoms with Gasteiger partial charge in [-0.3, -0.25) is 4.79 Å². The number of ether oxygens (including phenoxy) is 1. The van der Waals surface area contributed by atoms with Crippen molar-refractivity contribution in [1.82, 2.24) is 9.99 Å². The summed E-state index contributed by atoms with van der Waals surface area (Å²) in [5, 5.41) is 12.3. The summed E-state index contributed by atoms with van der Waals surface area (Å²) in [5.41, 5.74) is 5.14. The number of amides is 1. The molecule has 0 radical (unpaired) electrons. The summed E-state index contributed by atoms with van der Waals surface area (Å²) >= 11 is 0. The van der Waals surface area contributed by atoms with Gasteiger partial charge in [0.15, 0.2) is 0 Å². The molecule has 6 heteroatoms. The van der Waals surface area contributed by atoms with Crippen LogP contribution in [-0.2, 0) is 4.79 Å². The highest BCUT2D eigenvalue weighted by Crippen LogP contribution is 2.19. The first-order valence-electron chi connectivity index (χ1n) is 6.67. The molecule has 1 heterocycles. The lowest BCUT2D eigenvalue weighted by atomic mass is 10.3. The van der Waals surface area contributed by atoms with Crippen LogP contribution in [0.25, 0.3) is 5.69 Å². The third-order valence-electron chi connectivity index (χ3n) is 3.06. The molecular weight excluding hydrogens is 280 g/mol. The molecule has 1 aromatic carbocycles. The molecule has 0 aliphatic rings. The SMILES string of the molecule is COc1ccc(-n2c(C)ccc2/C=N/NC(=O)CC#N)cc1. The van der Waals surface area contributed by atoms with Crippen molar-refractivity contribution in [3.05, 3.63) is 47.8 Å². The molecule has 1 aromatic heterocycles. The average Bonchev–Trinajstić information content (AvgIpc) is 2.88. The molecule has 0 atom stereocenters. The van der Waals surface area contributed by atoms with E-state index < -0.39 is 5.91 Å². The van der Waals surface area contributed by atoms with Gasteiger partial charge < -0.3 is 9.30 Å². The fourth-order valence-corrected chi connectivity index (χ4v) is 2.03. The zero-order chi connectivity index (χ0) is 15.9. The van der Waals surface area contributed by atoms with Gasteiger partial charge in [0.2, 0.25) is 0 Å². The van der Waals surface area contributed by atoms with Crippen LogP contribution in [0.1, 0.15) is 17.8 Å². The molecule has 0 spiro atoms. The molecule has 0 fully saturated rings.